The van der Waals surface area contributed by atoms with Gasteiger partial charge in [-0.3, -0.25) is 19.8 Å². The maximum Gasteiger partial charge on any atom is 0.328 e. The summed E-state index contributed by atoms with van der Waals surface area (Å²) in [7, 11) is 0. The second-order valence-electron chi connectivity index (χ2n) is 7.39. The molecular formula is C24H17Br2FN4O3. The van der Waals surface area contributed by atoms with Gasteiger partial charge in [0.2, 0.25) is 0 Å². The van der Waals surface area contributed by atoms with Crippen LogP contribution in [0.3, 0.4) is 0 Å². The molecule has 0 bridgehead atoms. The van der Waals surface area contributed by atoms with Crippen LogP contribution in [0.15, 0.2) is 75.7 Å². The Morgan fingerprint density at radius 1 is 0.853 bits per heavy atom. The van der Waals surface area contributed by atoms with Crippen LogP contribution in [0.25, 0.3) is 10.9 Å². The lowest BCUT2D eigenvalue weighted by molar-refractivity contribution is -0.133. The molecule has 0 saturated carbocycles. The zero-order valence-corrected chi connectivity index (χ0v) is 20.8. The third-order valence-electron chi connectivity index (χ3n) is 4.93. The predicted octanol–water partition coefficient (Wildman–Crippen LogP) is 5.57. The summed E-state index contributed by atoms with van der Waals surface area (Å²) < 4.78 is 16.3. The molecule has 0 saturated heterocycles. The highest BCUT2D eigenvalue weighted by Gasteiger charge is 2.21. The van der Waals surface area contributed by atoms with Gasteiger partial charge in [0.1, 0.15) is 11.5 Å². The van der Waals surface area contributed by atoms with Gasteiger partial charge in [0.15, 0.2) is 0 Å². The van der Waals surface area contributed by atoms with Crippen LogP contribution in [0.1, 0.15) is 16.1 Å². The van der Waals surface area contributed by atoms with Gasteiger partial charge in [-0.25, -0.2) is 9.07 Å². The van der Waals surface area contributed by atoms with Gasteiger partial charge in [-0.2, -0.15) is 0 Å². The molecule has 0 aliphatic heterocycles. The van der Waals surface area contributed by atoms with E-state index in [-0.39, 0.29) is 11.4 Å². The minimum Gasteiger partial charge on any atom is -0.320 e. The standard InChI is InChI=1S/C24H17Br2FN4O3/c1-13-9-15(25)5-7-19(13)29-22(32)21-11-14-10-16(26)6-8-20(14)31(21)30-24(34)23(33)28-18-4-2-3-17(27)12-18/h2-12H,1H3,(H,28,33)(H,29,32)(H,30,34). The van der Waals surface area contributed by atoms with Crippen molar-refractivity contribution in [3.8, 4) is 0 Å². The number of halogens is 3. The summed E-state index contributed by atoms with van der Waals surface area (Å²) in [5.41, 5.74) is 4.65. The molecule has 4 aromatic rings. The van der Waals surface area contributed by atoms with Crippen LogP contribution < -0.4 is 16.1 Å². The molecule has 3 aromatic carbocycles. The molecular weight excluding hydrogens is 571 g/mol. The van der Waals surface area contributed by atoms with Gasteiger partial charge >= 0.3 is 11.8 Å². The summed E-state index contributed by atoms with van der Waals surface area (Å²) in [6.07, 6.45) is 0. The highest BCUT2D eigenvalue weighted by atomic mass is 79.9. The molecule has 10 heteroatoms. The molecule has 0 fully saturated rings. The molecule has 0 spiro atoms. The maximum atomic E-state index is 13.4. The molecule has 172 valence electrons. The number of benzene rings is 3. The fourth-order valence-electron chi connectivity index (χ4n) is 3.33. The second-order valence-corrected chi connectivity index (χ2v) is 9.22. The average molecular weight is 588 g/mol. The Balaban J connectivity index is 1.64. The number of nitrogens with one attached hydrogen (secondary N) is 3. The first-order valence-corrected chi connectivity index (χ1v) is 11.6. The van der Waals surface area contributed by atoms with E-state index < -0.39 is 23.5 Å². The Labute approximate surface area is 210 Å². The lowest BCUT2D eigenvalue weighted by Gasteiger charge is -2.13. The lowest BCUT2D eigenvalue weighted by Crippen LogP contribution is -2.36. The maximum absolute atomic E-state index is 13.4. The molecule has 3 amide bonds. The molecule has 1 aromatic heterocycles. The third kappa shape index (κ3) is 5.18. The third-order valence-corrected chi connectivity index (χ3v) is 5.92. The number of anilines is 2. The van der Waals surface area contributed by atoms with Crippen molar-refractivity contribution in [2.24, 2.45) is 0 Å². The number of amides is 3. The van der Waals surface area contributed by atoms with Gasteiger partial charge < -0.3 is 10.6 Å². The molecule has 34 heavy (non-hydrogen) atoms. The van der Waals surface area contributed by atoms with Gasteiger partial charge in [0.05, 0.1) is 5.52 Å². The number of carbonyl (C=O) groups excluding carboxylic acids is 3. The van der Waals surface area contributed by atoms with E-state index >= 15 is 0 Å². The summed E-state index contributed by atoms with van der Waals surface area (Å²) in [5, 5.41) is 5.83. The van der Waals surface area contributed by atoms with E-state index in [1.807, 2.05) is 13.0 Å². The van der Waals surface area contributed by atoms with Crippen LogP contribution >= 0.6 is 31.9 Å². The normalized spacial score (nSPS) is 10.7. The summed E-state index contributed by atoms with van der Waals surface area (Å²) in [4.78, 5) is 38.2. The van der Waals surface area contributed by atoms with E-state index in [1.165, 1.54) is 22.9 Å². The van der Waals surface area contributed by atoms with E-state index in [2.05, 4.69) is 47.9 Å². The molecule has 4 rings (SSSR count). The minimum absolute atomic E-state index is 0.113. The molecule has 3 N–H and O–H groups in total. The van der Waals surface area contributed by atoms with Crippen LogP contribution in [-0.4, -0.2) is 22.4 Å². The van der Waals surface area contributed by atoms with E-state index in [1.54, 1.807) is 36.4 Å². The fourth-order valence-corrected chi connectivity index (χ4v) is 4.19. The van der Waals surface area contributed by atoms with Gasteiger partial charge in [-0.15, -0.1) is 0 Å². The highest BCUT2D eigenvalue weighted by molar-refractivity contribution is 9.10. The molecule has 1 heterocycles. The first-order valence-electron chi connectivity index (χ1n) is 9.97. The number of aryl methyl sites for hydroxylation is 1. The van der Waals surface area contributed by atoms with Crippen molar-refractivity contribution in [2.75, 3.05) is 16.1 Å². The van der Waals surface area contributed by atoms with E-state index in [0.717, 1.165) is 20.6 Å². The molecule has 0 radical (unpaired) electrons. The molecule has 0 atom stereocenters. The van der Waals surface area contributed by atoms with Crippen LogP contribution in [0.4, 0.5) is 15.8 Å². The van der Waals surface area contributed by atoms with Gasteiger partial charge in [-0.1, -0.05) is 37.9 Å². The number of fused-ring (bicyclic) bond motifs is 1. The van der Waals surface area contributed by atoms with Crippen molar-refractivity contribution in [3.63, 3.8) is 0 Å². The number of hydrogen-bond donors (Lipinski definition) is 3. The van der Waals surface area contributed by atoms with Crippen molar-refractivity contribution in [2.45, 2.75) is 6.92 Å². The minimum atomic E-state index is -1.03. The molecule has 0 unspecified atom stereocenters. The zero-order valence-electron chi connectivity index (χ0n) is 17.7. The number of hydrogen-bond acceptors (Lipinski definition) is 3. The van der Waals surface area contributed by atoms with Gasteiger partial charge in [-0.05, 0) is 73.2 Å². The van der Waals surface area contributed by atoms with Gasteiger partial charge in [0, 0.05) is 25.7 Å². The Morgan fingerprint density at radius 3 is 2.32 bits per heavy atom. The Morgan fingerprint density at radius 2 is 1.59 bits per heavy atom. The molecule has 0 aliphatic rings. The predicted molar refractivity (Wildman–Crippen MR) is 136 cm³/mol. The van der Waals surface area contributed by atoms with Crippen molar-refractivity contribution < 1.29 is 18.8 Å². The van der Waals surface area contributed by atoms with E-state index in [4.69, 9.17) is 0 Å². The van der Waals surface area contributed by atoms with Crippen molar-refractivity contribution in [1.82, 2.24) is 4.68 Å². The Hall–Kier alpha value is -3.50. The smallest absolute Gasteiger partial charge is 0.320 e. The monoisotopic (exact) mass is 586 g/mol. The average Bonchev–Trinajstić information content (AvgIpc) is 3.13. The summed E-state index contributed by atoms with van der Waals surface area (Å²) in [5.74, 6) is -3.08. The SMILES string of the molecule is Cc1cc(Br)ccc1NC(=O)c1cc2cc(Br)ccc2n1NC(=O)C(=O)Nc1cccc(F)c1. The Kier molecular flexibility index (Phi) is 6.80. The van der Waals surface area contributed by atoms with Crippen molar-refractivity contribution in [1.29, 1.82) is 0 Å². The first kappa shape index (κ1) is 23.7. The van der Waals surface area contributed by atoms with Crippen LogP contribution in [0.2, 0.25) is 0 Å². The summed E-state index contributed by atoms with van der Waals surface area (Å²) >= 11 is 6.78. The number of aromatic nitrogens is 1. The number of carbonyl (C=O) groups is 3. The second kappa shape index (κ2) is 9.78. The quantitative estimate of drug-likeness (QED) is 0.272. The fraction of sp³-hybridized carbons (Fsp3) is 0.0417. The first-order chi connectivity index (χ1) is 16.2. The van der Waals surface area contributed by atoms with Crippen molar-refractivity contribution >= 4 is 71.9 Å². The molecule has 0 aliphatic carbocycles. The van der Waals surface area contributed by atoms with E-state index in [0.29, 0.717) is 16.6 Å². The topological polar surface area (TPSA) is 92.2 Å². The lowest BCUT2D eigenvalue weighted by atomic mass is 10.2. The van der Waals surface area contributed by atoms with Crippen LogP contribution in [0, 0.1) is 12.7 Å². The number of rotatable bonds is 4. The van der Waals surface area contributed by atoms with Crippen LogP contribution in [0.5, 0.6) is 0 Å². The molecule has 7 nitrogen and oxygen atoms in total. The summed E-state index contributed by atoms with van der Waals surface area (Å²) in [6.45, 7) is 1.85. The highest BCUT2D eigenvalue weighted by Crippen LogP contribution is 2.25. The van der Waals surface area contributed by atoms with Crippen molar-refractivity contribution in [3.05, 3.63) is 92.8 Å². The number of nitrogens with zero attached hydrogens (tertiary/aromatic N) is 1. The van der Waals surface area contributed by atoms with Gasteiger partial charge in [0.25, 0.3) is 5.91 Å². The van der Waals surface area contributed by atoms with Crippen LogP contribution in [-0.2, 0) is 9.59 Å². The van der Waals surface area contributed by atoms with E-state index in [9.17, 15) is 18.8 Å². The largest absolute Gasteiger partial charge is 0.328 e. The Bertz CT molecular complexity index is 1450. The zero-order chi connectivity index (χ0) is 24.4. The summed E-state index contributed by atoms with van der Waals surface area (Å²) in [6, 6.07) is 17.4.